The fourth-order valence-corrected chi connectivity index (χ4v) is 2.26. The zero-order valence-corrected chi connectivity index (χ0v) is 9.53. The summed E-state index contributed by atoms with van der Waals surface area (Å²) in [7, 11) is 0. The van der Waals surface area contributed by atoms with Crippen molar-refractivity contribution in [3.05, 3.63) is 42.6 Å². The van der Waals surface area contributed by atoms with Crippen LogP contribution in [0.5, 0.6) is 0 Å². The molecule has 1 aromatic heterocycles. The summed E-state index contributed by atoms with van der Waals surface area (Å²) in [6, 6.07) is 12.7. The second kappa shape index (κ2) is 4.11. The molecule has 0 fully saturated rings. The molecule has 0 aliphatic carbocycles. The van der Waals surface area contributed by atoms with Crippen molar-refractivity contribution in [1.29, 1.82) is 0 Å². The number of aromatic amines is 1. The largest absolute Gasteiger partial charge is 0.383 e. The molecule has 0 saturated heterocycles. The Bertz CT molecular complexity index is 655. The number of H-pyrrole nitrogens is 1. The topological polar surface area (TPSA) is 53.8 Å². The monoisotopic (exact) mass is 225 g/mol. The van der Waals surface area contributed by atoms with Gasteiger partial charge in [0.15, 0.2) is 0 Å². The Balaban J connectivity index is 2.29. The average molecular weight is 225 g/mol. The fourth-order valence-electron chi connectivity index (χ4n) is 2.26. The van der Waals surface area contributed by atoms with Crippen molar-refractivity contribution in [2.45, 2.75) is 0 Å². The molecule has 86 valence electrons. The number of anilines is 1. The third-order valence-corrected chi connectivity index (χ3v) is 3.03. The number of hydrogen-bond acceptors (Lipinski definition) is 2. The summed E-state index contributed by atoms with van der Waals surface area (Å²) in [5, 5.41) is 7.15. The van der Waals surface area contributed by atoms with Crippen LogP contribution in [0.1, 0.15) is 0 Å². The maximum absolute atomic E-state index is 5.54. The van der Waals surface area contributed by atoms with Gasteiger partial charge >= 0.3 is 0 Å². The molecule has 0 saturated carbocycles. The molecule has 0 spiro atoms. The van der Waals surface area contributed by atoms with Crippen LogP contribution in [-0.2, 0) is 0 Å². The Morgan fingerprint density at radius 1 is 1.06 bits per heavy atom. The van der Waals surface area contributed by atoms with Gasteiger partial charge in [-0.1, -0.05) is 24.3 Å². The van der Waals surface area contributed by atoms with Gasteiger partial charge in [-0.3, -0.25) is 0 Å². The second-order valence-electron chi connectivity index (χ2n) is 4.12. The van der Waals surface area contributed by atoms with Gasteiger partial charge < -0.3 is 16.0 Å². The van der Waals surface area contributed by atoms with Crippen molar-refractivity contribution in [3.63, 3.8) is 0 Å². The van der Waals surface area contributed by atoms with Gasteiger partial charge in [0, 0.05) is 41.3 Å². The summed E-state index contributed by atoms with van der Waals surface area (Å²) in [4.78, 5) is 3.26. The number of rotatable bonds is 3. The van der Waals surface area contributed by atoms with Crippen LogP contribution >= 0.6 is 0 Å². The fraction of sp³-hybridized carbons (Fsp3) is 0.143. The van der Waals surface area contributed by atoms with E-state index in [9.17, 15) is 0 Å². The molecule has 0 atom stereocenters. The third kappa shape index (κ3) is 1.65. The molecule has 4 N–H and O–H groups in total. The van der Waals surface area contributed by atoms with E-state index in [2.05, 4.69) is 46.7 Å². The first kappa shape index (κ1) is 10.2. The lowest BCUT2D eigenvalue weighted by molar-refractivity contribution is 1.03. The predicted octanol–water partition coefficient (Wildman–Crippen LogP) is 2.69. The van der Waals surface area contributed by atoms with Crippen LogP contribution < -0.4 is 11.1 Å². The first-order chi connectivity index (χ1) is 8.40. The smallest absolute Gasteiger partial charge is 0.0481 e. The predicted molar refractivity (Wildman–Crippen MR) is 73.3 cm³/mol. The number of benzene rings is 2. The molecule has 3 heteroatoms. The zero-order valence-electron chi connectivity index (χ0n) is 9.53. The van der Waals surface area contributed by atoms with Crippen LogP contribution in [0.4, 0.5) is 5.69 Å². The van der Waals surface area contributed by atoms with E-state index in [4.69, 9.17) is 5.73 Å². The van der Waals surface area contributed by atoms with E-state index in [1.807, 2.05) is 6.20 Å². The summed E-state index contributed by atoms with van der Waals surface area (Å²) < 4.78 is 0. The maximum atomic E-state index is 5.54. The first-order valence-electron chi connectivity index (χ1n) is 5.83. The molecule has 3 rings (SSSR count). The van der Waals surface area contributed by atoms with Gasteiger partial charge in [-0.15, -0.1) is 0 Å². The lowest BCUT2D eigenvalue weighted by atomic mass is 10.0. The van der Waals surface area contributed by atoms with E-state index in [0.29, 0.717) is 6.54 Å². The van der Waals surface area contributed by atoms with Crippen molar-refractivity contribution in [3.8, 4) is 0 Å². The molecule has 2 aromatic carbocycles. The molecule has 0 amide bonds. The Kier molecular flexibility index (Phi) is 2.46. The molecular weight excluding hydrogens is 210 g/mol. The summed E-state index contributed by atoms with van der Waals surface area (Å²) >= 11 is 0. The van der Waals surface area contributed by atoms with Gasteiger partial charge in [-0.05, 0) is 17.5 Å². The van der Waals surface area contributed by atoms with E-state index in [1.165, 1.54) is 16.2 Å². The van der Waals surface area contributed by atoms with Crippen LogP contribution in [-0.4, -0.2) is 18.1 Å². The Morgan fingerprint density at radius 2 is 1.88 bits per heavy atom. The summed E-state index contributed by atoms with van der Waals surface area (Å²) in [6.07, 6.45) is 1.98. The molecular formula is C14H15N3. The number of hydrogen-bond donors (Lipinski definition) is 3. The Morgan fingerprint density at radius 3 is 2.71 bits per heavy atom. The van der Waals surface area contributed by atoms with Gasteiger partial charge in [0.05, 0.1) is 0 Å². The number of nitrogens with two attached hydrogens (primary N) is 1. The highest BCUT2D eigenvalue weighted by Gasteiger charge is 2.05. The van der Waals surface area contributed by atoms with Crippen molar-refractivity contribution < 1.29 is 0 Å². The zero-order chi connectivity index (χ0) is 11.7. The number of fused-ring (bicyclic) bond motifs is 3. The van der Waals surface area contributed by atoms with Crippen molar-refractivity contribution in [2.24, 2.45) is 5.73 Å². The highest BCUT2D eigenvalue weighted by molar-refractivity contribution is 6.12. The van der Waals surface area contributed by atoms with Crippen LogP contribution in [0.15, 0.2) is 42.6 Å². The van der Waals surface area contributed by atoms with Gasteiger partial charge in [-0.2, -0.15) is 0 Å². The highest BCUT2D eigenvalue weighted by atomic mass is 14.9. The van der Waals surface area contributed by atoms with Crippen LogP contribution in [0.25, 0.3) is 21.7 Å². The van der Waals surface area contributed by atoms with Gasteiger partial charge in [0.2, 0.25) is 0 Å². The lowest BCUT2D eigenvalue weighted by Gasteiger charge is -2.10. The summed E-state index contributed by atoms with van der Waals surface area (Å²) in [5.41, 5.74) is 7.84. The van der Waals surface area contributed by atoms with Crippen LogP contribution in [0.2, 0.25) is 0 Å². The van der Waals surface area contributed by atoms with E-state index in [1.54, 1.807) is 0 Å². The Labute approximate surface area is 99.6 Å². The summed E-state index contributed by atoms with van der Waals surface area (Å²) in [5.74, 6) is 0. The standard InChI is InChI=1S/C14H15N3/c15-6-8-17-13-9-14-12(5-7-16-14)10-3-1-2-4-11(10)13/h1-5,7,9,16-17H,6,8,15H2. The molecule has 0 bridgehead atoms. The average Bonchev–Trinajstić information content (AvgIpc) is 2.84. The normalized spacial score (nSPS) is 11.1. The SMILES string of the molecule is NCCNc1cc2[nH]ccc2c2ccccc12. The number of aromatic nitrogens is 1. The highest BCUT2D eigenvalue weighted by Crippen LogP contribution is 2.31. The van der Waals surface area contributed by atoms with Crippen molar-refractivity contribution >= 4 is 27.4 Å². The first-order valence-corrected chi connectivity index (χ1v) is 5.83. The van der Waals surface area contributed by atoms with Crippen molar-refractivity contribution in [1.82, 2.24) is 4.98 Å². The molecule has 0 aliphatic heterocycles. The van der Waals surface area contributed by atoms with Crippen molar-refractivity contribution in [2.75, 3.05) is 18.4 Å². The molecule has 1 heterocycles. The van der Waals surface area contributed by atoms with E-state index in [-0.39, 0.29) is 0 Å². The molecule has 0 unspecified atom stereocenters. The van der Waals surface area contributed by atoms with Crippen LogP contribution in [0, 0.1) is 0 Å². The minimum atomic E-state index is 0.636. The summed E-state index contributed by atoms with van der Waals surface area (Å²) in [6.45, 7) is 1.42. The minimum absolute atomic E-state index is 0.636. The molecule has 3 nitrogen and oxygen atoms in total. The number of nitrogens with one attached hydrogen (secondary N) is 2. The van der Waals surface area contributed by atoms with Gasteiger partial charge in [-0.25, -0.2) is 0 Å². The molecule has 0 aliphatic rings. The second-order valence-corrected chi connectivity index (χ2v) is 4.12. The van der Waals surface area contributed by atoms with Gasteiger partial charge in [0.1, 0.15) is 0 Å². The maximum Gasteiger partial charge on any atom is 0.0481 e. The van der Waals surface area contributed by atoms with Gasteiger partial charge in [0.25, 0.3) is 0 Å². The third-order valence-electron chi connectivity index (χ3n) is 3.03. The van der Waals surface area contributed by atoms with Crippen LogP contribution in [0.3, 0.4) is 0 Å². The Hall–Kier alpha value is -2.00. The van der Waals surface area contributed by atoms with E-state index in [0.717, 1.165) is 17.7 Å². The van der Waals surface area contributed by atoms with E-state index >= 15 is 0 Å². The lowest BCUT2D eigenvalue weighted by Crippen LogP contribution is -2.13. The molecule has 0 radical (unpaired) electrons. The van der Waals surface area contributed by atoms with E-state index < -0.39 is 0 Å². The minimum Gasteiger partial charge on any atom is -0.383 e. The molecule has 3 aromatic rings. The molecule has 17 heavy (non-hydrogen) atoms. The quantitative estimate of drug-likeness (QED) is 0.642.